The maximum Gasteiger partial charge on any atom is 0.251 e. The van der Waals surface area contributed by atoms with Gasteiger partial charge in [0.25, 0.3) is 5.91 Å². The molecule has 0 radical (unpaired) electrons. The Labute approximate surface area is 210 Å². The molecule has 2 aromatic rings. The number of benzene rings is 2. The zero-order chi connectivity index (χ0) is 25.0. The van der Waals surface area contributed by atoms with E-state index >= 15 is 0 Å². The molecule has 1 aliphatic rings. The number of carbonyl (C=O) groups excluding carboxylic acids is 3. The van der Waals surface area contributed by atoms with Gasteiger partial charge in [-0.25, -0.2) is 0 Å². The number of halogens is 2. The number of anilines is 1. The first-order chi connectivity index (χ1) is 16.1. The van der Waals surface area contributed by atoms with Crippen molar-refractivity contribution >= 4 is 46.6 Å². The normalized spacial score (nSPS) is 16.7. The van der Waals surface area contributed by atoms with Crippen LogP contribution in [-0.2, 0) is 20.9 Å². The summed E-state index contributed by atoms with van der Waals surface area (Å²) in [4.78, 5) is 41.4. The molecule has 0 saturated heterocycles. The van der Waals surface area contributed by atoms with E-state index in [-0.39, 0.29) is 24.3 Å². The van der Waals surface area contributed by atoms with E-state index in [1.54, 1.807) is 25.1 Å². The van der Waals surface area contributed by atoms with Gasteiger partial charge < -0.3 is 20.9 Å². The molecule has 1 unspecified atom stereocenters. The van der Waals surface area contributed by atoms with Crippen molar-refractivity contribution < 1.29 is 14.4 Å². The number of hydrogen-bond donors (Lipinski definition) is 3. The SMILES string of the molecule is CCN[C@@H](C)C(=O)N[C@H](C(=O)N1Cc2ccccc2C1C(=O)Nc1c(Cl)cccc1Cl)C(C)C. The Kier molecular flexibility index (Phi) is 8.57. The lowest BCUT2D eigenvalue weighted by molar-refractivity contribution is -0.143. The molecule has 2 aromatic carbocycles. The van der Waals surface area contributed by atoms with Gasteiger partial charge >= 0.3 is 0 Å². The predicted octanol–water partition coefficient (Wildman–Crippen LogP) is 4.15. The van der Waals surface area contributed by atoms with Gasteiger partial charge in [-0.15, -0.1) is 0 Å². The van der Waals surface area contributed by atoms with E-state index in [4.69, 9.17) is 23.2 Å². The van der Waals surface area contributed by atoms with Gasteiger partial charge in [-0.3, -0.25) is 14.4 Å². The molecule has 9 heteroatoms. The molecule has 0 aromatic heterocycles. The van der Waals surface area contributed by atoms with Crippen molar-refractivity contribution in [3.05, 3.63) is 63.6 Å². The monoisotopic (exact) mass is 504 g/mol. The third-order valence-electron chi connectivity index (χ3n) is 5.88. The smallest absolute Gasteiger partial charge is 0.251 e. The molecule has 3 amide bonds. The highest BCUT2D eigenvalue weighted by Gasteiger charge is 2.42. The predicted molar refractivity (Wildman–Crippen MR) is 135 cm³/mol. The summed E-state index contributed by atoms with van der Waals surface area (Å²) in [6.45, 7) is 8.26. The molecule has 0 aliphatic carbocycles. The van der Waals surface area contributed by atoms with Crippen LogP contribution in [0.1, 0.15) is 44.9 Å². The number of carbonyl (C=O) groups is 3. The maximum atomic E-state index is 13.7. The molecule has 0 fully saturated rings. The number of hydrogen-bond acceptors (Lipinski definition) is 4. The molecule has 1 heterocycles. The topological polar surface area (TPSA) is 90.5 Å². The summed E-state index contributed by atoms with van der Waals surface area (Å²) in [7, 11) is 0. The van der Waals surface area contributed by atoms with Crippen molar-refractivity contribution in [3.8, 4) is 0 Å². The molecule has 1 aliphatic heterocycles. The van der Waals surface area contributed by atoms with E-state index in [0.29, 0.717) is 22.3 Å². The van der Waals surface area contributed by atoms with Gasteiger partial charge in [0.15, 0.2) is 0 Å². The highest BCUT2D eigenvalue weighted by molar-refractivity contribution is 6.39. The Bertz CT molecular complexity index is 1060. The number of likely N-dealkylation sites (N-methyl/N-ethyl adjacent to an activating group) is 1. The first-order valence-corrected chi connectivity index (χ1v) is 12.1. The molecular formula is C25H30Cl2N4O3. The number of amides is 3. The number of fused-ring (bicyclic) bond motifs is 1. The van der Waals surface area contributed by atoms with Crippen molar-refractivity contribution in [2.45, 2.75) is 52.4 Å². The minimum atomic E-state index is -0.889. The Balaban J connectivity index is 1.91. The minimum Gasteiger partial charge on any atom is -0.343 e. The molecule has 0 bridgehead atoms. The average Bonchev–Trinajstić information content (AvgIpc) is 3.19. The Morgan fingerprint density at radius 2 is 1.68 bits per heavy atom. The van der Waals surface area contributed by atoms with Crippen LogP contribution >= 0.6 is 23.2 Å². The second-order valence-corrected chi connectivity index (χ2v) is 9.48. The number of nitrogens with one attached hydrogen (secondary N) is 3. The molecule has 7 nitrogen and oxygen atoms in total. The van der Waals surface area contributed by atoms with Crippen LogP contribution in [0.5, 0.6) is 0 Å². The van der Waals surface area contributed by atoms with Crippen LogP contribution in [0.4, 0.5) is 5.69 Å². The summed E-state index contributed by atoms with van der Waals surface area (Å²) in [6, 6.07) is 10.2. The highest BCUT2D eigenvalue weighted by Crippen LogP contribution is 2.37. The molecule has 0 saturated carbocycles. The average molecular weight is 505 g/mol. The zero-order valence-corrected chi connectivity index (χ0v) is 21.2. The van der Waals surface area contributed by atoms with Crippen molar-refractivity contribution in [3.63, 3.8) is 0 Å². The summed E-state index contributed by atoms with van der Waals surface area (Å²) in [6.07, 6.45) is 0. The van der Waals surface area contributed by atoms with Crippen molar-refractivity contribution in [2.75, 3.05) is 11.9 Å². The van der Waals surface area contributed by atoms with Crippen LogP contribution in [0.3, 0.4) is 0 Å². The van der Waals surface area contributed by atoms with Gasteiger partial charge in [-0.05, 0) is 42.6 Å². The summed E-state index contributed by atoms with van der Waals surface area (Å²) >= 11 is 12.5. The first kappa shape index (κ1) is 26.0. The van der Waals surface area contributed by atoms with Crippen LogP contribution in [-0.4, -0.2) is 41.2 Å². The largest absolute Gasteiger partial charge is 0.343 e. The van der Waals surface area contributed by atoms with Gasteiger partial charge in [0.05, 0.1) is 21.8 Å². The Morgan fingerprint density at radius 1 is 1.03 bits per heavy atom. The lowest BCUT2D eigenvalue weighted by atomic mass is 10.0. The summed E-state index contributed by atoms with van der Waals surface area (Å²) in [5, 5.41) is 9.31. The molecule has 182 valence electrons. The summed E-state index contributed by atoms with van der Waals surface area (Å²) < 4.78 is 0. The van der Waals surface area contributed by atoms with E-state index in [1.165, 1.54) is 4.90 Å². The van der Waals surface area contributed by atoms with E-state index in [1.807, 2.05) is 45.0 Å². The Morgan fingerprint density at radius 3 is 2.29 bits per heavy atom. The lowest BCUT2D eigenvalue weighted by Crippen LogP contribution is -2.55. The van der Waals surface area contributed by atoms with Gasteiger partial charge in [-0.2, -0.15) is 0 Å². The van der Waals surface area contributed by atoms with Gasteiger partial charge in [0.2, 0.25) is 11.8 Å². The van der Waals surface area contributed by atoms with E-state index in [0.717, 1.165) is 11.1 Å². The molecule has 0 spiro atoms. The quantitative estimate of drug-likeness (QED) is 0.503. The molecule has 3 N–H and O–H groups in total. The summed E-state index contributed by atoms with van der Waals surface area (Å²) in [5.74, 6) is -1.21. The second kappa shape index (κ2) is 11.2. The second-order valence-electron chi connectivity index (χ2n) is 8.66. The minimum absolute atomic E-state index is 0.185. The van der Waals surface area contributed by atoms with Crippen LogP contribution in [0.25, 0.3) is 0 Å². The fourth-order valence-corrected chi connectivity index (χ4v) is 4.55. The molecule has 3 atom stereocenters. The standard InChI is InChI=1S/C25H30Cl2N4O3/c1-5-28-15(4)23(32)29-20(14(2)3)25(34)31-13-16-9-6-7-10-17(16)22(31)24(33)30-21-18(26)11-8-12-19(21)27/h6-12,14-15,20,22,28H,5,13H2,1-4H3,(H,29,32)(H,30,33)/t15-,20-,22?/m0/s1. The van der Waals surface area contributed by atoms with Crippen molar-refractivity contribution in [1.82, 2.24) is 15.5 Å². The number of rotatable bonds is 8. The van der Waals surface area contributed by atoms with E-state index in [9.17, 15) is 14.4 Å². The fourth-order valence-electron chi connectivity index (χ4n) is 4.05. The summed E-state index contributed by atoms with van der Waals surface area (Å²) in [5.41, 5.74) is 1.89. The third-order valence-corrected chi connectivity index (χ3v) is 6.51. The molecule has 34 heavy (non-hydrogen) atoms. The van der Waals surface area contributed by atoms with Gasteiger partial charge in [0, 0.05) is 6.54 Å². The number of nitrogens with zero attached hydrogens (tertiary/aromatic N) is 1. The molecule has 3 rings (SSSR count). The number of para-hydroxylation sites is 1. The third kappa shape index (κ3) is 5.54. The van der Waals surface area contributed by atoms with Gasteiger partial charge in [-0.1, -0.05) is 74.3 Å². The van der Waals surface area contributed by atoms with Crippen LogP contribution in [0, 0.1) is 5.92 Å². The van der Waals surface area contributed by atoms with Crippen LogP contribution in [0.2, 0.25) is 10.0 Å². The highest BCUT2D eigenvalue weighted by atomic mass is 35.5. The fraction of sp³-hybridized carbons (Fsp3) is 0.400. The van der Waals surface area contributed by atoms with Crippen molar-refractivity contribution in [2.24, 2.45) is 5.92 Å². The van der Waals surface area contributed by atoms with Gasteiger partial charge in [0.1, 0.15) is 12.1 Å². The Hall–Kier alpha value is -2.61. The van der Waals surface area contributed by atoms with Crippen LogP contribution < -0.4 is 16.0 Å². The van der Waals surface area contributed by atoms with E-state index in [2.05, 4.69) is 16.0 Å². The van der Waals surface area contributed by atoms with Crippen molar-refractivity contribution in [1.29, 1.82) is 0 Å². The zero-order valence-electron chi connectivity index (χ0n) is 19.7. The molecular weight excluding hydrogens is 475 g/mol. The maximum absolute atomic E-state index is 13.7. The van der Waals surface area contributed by atoms with E-state index < -0.39 is 24.0 Å². The lowest BCUT2D eigenvalue weighted by Gasteiger charge is -2.31. The first-order valence-electron chi connectivity index (χ1n) is 11.3. The van der Waals surface area contributed by atoms with Crippen LogP contribution in [0.15, 0.2) is 42.5 Å².